The molecule has 86 valence electrons. The number of rotatable bonds is 3. The molecule has 1 rings (SSSR count). The van der Waals surface area contributed by atoms with Gasteiger partial charge in [-0.25, -0.2) is 0 Å². The van der Waals surface area contributed by atoms with Crippen molar-refractivity contribution in [2.75, 3.05) is 7.11 Å². The average Bonchev–Trinajstić information content (AvgIpc) is 2.10. The molecule has 2 N–H and O–H groups in total. The fraction of sp³-hybridized carbons (Fsp3) is 0.455. The monoisotopic (exact) mass is 249 g/mol. The summed E-state index contributed by atoms with van der Waals surface area (Å²) in [5, 5.41) is 0.765. The van der Waals surface area contributed by atoms with Crippen LogP contribution in [0.25, 0.3) is 0 Å². The molecule has 0 amide bonds. The van der Waals surface area contributed by atoms with Crippen LogP contribution in [0.1, 0.15) is 18.1 Å². The van der Waals surface area contributed by atoms with E-state index in [4.69, 9.17) is 22.1 Å². The van der Waals surface area contributed by atoms with E-state index in [0.29, 0.717) is 0 Å². The Bertz CT molecular complexity index is 327. The summed E-state index contributed by atoms with van der Waals surface area (Å²) in [6.45, 7) is 3.92. The lowest BCUT2D eigenvalue weighted by Crippen LogP contribution is -2.18. The van der Waals surface area contributed by atoms with Gasteiger partial charge < -0.3 is 10.5 Å². The van der Waals surface area contributed by atoms with Crippen LogP contribution in [0.15, 0.2) is 12.1 Å². The molecule has 0 spiro atoms. The number of nitrogens with two attached hydrogens (primary N) is 1. The van der Waals surface area contributed by atoms with Crippen molar-refractivity contribution in [1.29, 1.82) is 0 Å². The zero-order chi connectivity index (χ0) is 10.7. The summed E-state index contributed by atoms with van der Waals surface area (Å²) < 4.78 is 5.27. The Balaban J connectivity index is 0.00000196. The Morgan fingerprint density at radius 2 is 2.07 bits per heavy atom. The highest BCUT2D eigenvalue weighted by atomic mass is 35.5. The molecule has 4 heteroatoms. The van der Waals surface area contributed by atoms with E-state index in [1.807, 2.05) is 26.0 Å². The van der Waals surface area contributed by atoms with Gasteiger partial charge in [-0.1, -0.05) is 11.6 Å². The van der Waals surface area contributed by atoms with Crippen LogP contribution < -0.4 is 10.5 Å². The van der Waals surface area contributed by atoms with Crippen LogP contribution in [0.2, 0.25) is 5.02 Å². The third kappa shape index (κ3) is 3.90. The smallest absolute Gasteiger partial charge is 0.122 e. The molecule has 0 fully saturated rings. The topological polar surface area (TPSA) is 35.2 Å². The maximum atomic E-state index is 6.03. The predicted octanol–water partition coefficient (Wildman–Crippen LogP) is 2.97. The van der Waals surface area contributed by atoms with Crippen molar-refractivity contribution in [2.45, 2.75) is 26.3 Å². The Labute approximate surface area is 102 Å². The molecule has 0 aliphatic carbocycles. The molecule has 0 aliphatic rings. The van der Waals surface area contributed by atoms with Gasteiger partial charge >= 0.3 is 0 Å². The molecule has 15 heavy (non-hydrogen) atoms. The lowest BCUT2D eigenvalue weighted by atomic mass is 10.0. The van der Waals surface area contributed by atoms with E-state index in [-0.39, 0.29) is 18.4 Å². The molecule has 0 aliphatic heterocycles. The first-order chi connectivity index (χ1) is 6.54. The molecule has 0 bridgehead atoms. The maximum Gasteiger partial charge on any atom is 0.122 e. The molecule has 1 unspecified atom stereocenters. The fourth-order valence-electron chi connectivity index (χ4n) is 1.39. The lowest BCUT2D eigenvalue weighted by Gasteiger charge is -2.12. The normalized spacial score (nSPS) is 11.8. The van der Waals surface area contributed by atoms with Crippen LogP contribution in [0.5, 0.6) is 5.75 Å². The standard InChI is InChI=1S/C11H16ClNO.ClH/c1-7-4-11(14-3)9(5-8(2)13)6-10(7)12;/h4,6,8H,5,13H2,1-3H3;1H. The number of hydrogen-bond acceptors (Lipinski definition) is 2. The SMILES string of the molecule is COc1cc(C)c(Cl)cc1CC(C)N.Cl. The van der Waals surface area contributed by atoms with Crippen molar-refractivity contribution in [3.05, 3.63) is 28.3 Å². The molecule has 0 heterocycles. The molecule has 0 saturated carbocycles. The van der Waals surface area contributed by atoms with Gasteiger partial charge in [0, 0.05) is 11.1 Å². The van der Waals surface area contributed by atoms with E-state index in [1.54, 1.807) is 7.11 Å². The second kappa shape index (κ2) is 6.21. The maximum absolute atomic E-state index is 6.03. The first kappa shape index (κ1) is 14.6. The third-order valence-electron chi connectivity index (χ3n) is 2.10. The van der Waals surface area contributed by atoms with Crippen LogP contribution in [-0.2, 0) is 6.42 Å². The third-order valence-corrected chi connectivity index (χ3v) is 2.51. The molecule has 0 saturated heterocycles. The van der Waals surface area contributed by atoms with Crippen LogP contribution >= 0.6 is 24.0 Å². The Hall–Kier alpha value is -0.440. The van der Waals surface area contributed by atoms with E-state index in [9.17, 15) is 0 Å². The van der Waals surface area contributed by atoms with E-state index < -0.39 is 0 Å². The molecule has 2 nitrogen and oxygen atoms in total. The summed E-state index contributed by atoms with van der Waals surface area (Å²) in [4.78, 5) is 0. The zero-order valence-electron chi connectivity index (χ0n) is 9.21. The van der Waals surface area contributed by atoms with E-state index in [2.05, 4.69) is 0 Å². The van der Waals surface area contributed by atoms with Crippen molar-refractivity contribution in [2.24, 2.45) is 5.73 Å². The molecular weight excluding hydrogens is 233 g/mol. The second-order valence-electron chi connectivity index (χ2n) is 3.59. The number of benzene rings is 1. The van der Waals surface area contributed by atoms with Gasteiger partial charge in [-0.3, -0.25) is 0 Å². The summed E-state index contributed by atoms with van der Waals surface area (Å²) in [5.74, 6) is 0.865. The first-order valence-electron chi connectivity index (χ1n) is 4.63. The highest BCUT2D eigenvalue weighted by molar-refractivity contribution is 6.31. The Kier molecular flexibility index (Phi) is 6.03. The predicted molar refractivity (Wildman–Crippen MR) is 67.3 cm³/mol. The molecule has 0 radical (unpaired) electrons. The fourth-order valence-corrected chi connectivity index (χ4v) is 1.58. The number of hydrogen-bond donors (Lipinski definition) is 1. The van der Waals surface area contributed by atoms with Gasteiger partial charge in [0.15, 0.2) is 0 Å². The highest BCUT2D eigenvalue weighted by Crippen LogP contribution is 2.27. The Morgan fingerprint density at radius 1 is 1.47 bits per heavy atom. The minimum atomic E-state index is 0. The highest BCUT2D eigenvalue weighted by Gasteiger charge is 2.08. The van der Waals surface area contributed by atoms with E-state index in [0.717, 1.165) is 28.3 Å². The quantitative estimate of drug-likeness (QED) is 0.895. The van der Waals surface area contributed by atoms with Crippen molar-refractivity contribution in [3.63, 3.8) is 0 Å². The van der Waals surface area contributed by atoms with Gasteiger partial charge in [-0.05, 0) is 43.5 Å². The van der Waals surface area contributed by atoms with Crippen molar-refractivity contribution in [3.8, 4) is 5.75 Å². The first-order valence-corrected chi connectivity index (χ1v) is 5.01. The largest absolute Gasteiger partial charge is 0.496 e. The zero-order valence-corrected chi connectivity index (χ0v) is 10.8. The average molecular weight is 250 g/mol. The summed E-state index contributed by atoms with van der Waals surface area (Å²) in [5.41, 5.74) is 7.83. The van der Waals surface area contributed by atoms with Gasteiger partial charge in [0.05, 0.1) is 7.11 Å². The minimum Gasteiger partial charge on any atom is -0.496 e. The number of ether oxygens (including phenoxy) is 1. The van der Waals surface area contributed by atoms with Gasteiger partial charge in [0.2, 0.25) is 0 Å². The minimum absolute atomic E-state index is 0. The summed E-state index contributed by atoms with van der Waals surface area (Å²) in [6, 6.07) is 3.99. The van der Waals surface area contributed by atoms with Crippen LogP contribution in [0.4, 0.5) is 0 Å². The molecule has 0 aromatic heterocycles. The van der Waals surface area contributed by atoms with Crippen LogP contribution in [0.3, 0.4) is 0 Å². The second-order valence-corrected chi connectivity index (χ2v) is 4.00. The van der Waals surface area contributed by atoms with Gasteiger partial charge in [-0.15, -0.1) is 12.4 Å². The van der Waals surface area contributed by atoms with Crippen LogP contribution in [0, 0.1) is 6.92 Å². The van der Waals surface area contributed by atoms with E-state index in [1.165, 1.54) is 0 Å². The lowest BCUT2D eigenvalue weighted by molar-refractivity contribution is 0.408. The van der Waals surface area contributed by atoms with Crippen LogP contribution in [-0.4, -0.2) is 13.2 Å². The van der Waals surface area contributed by atoms with E-state index >= 15 is 0 Å². The molecule has 1 atom stereocenters. The molecule has 1 aromatic rings. The van der Waals surface area contributed by atoms with Crippen molar-refractivity contribution < 1.29 is 4.74 Å². The number of aryl methyl sites for hydroxylation is 1. The van der Waals surface area contributed by atoms with Crippen molar-refractivity contribution >= 4 is 24.0 Å². The summed E-state index contributed by atoms with van der Waals surface area (Å²) in [7, 11) is 1.66. The molecule has 1 aromatic carbocycles. The number of halogens is 2. The number of methoxy groups -OCH3 is 1. The Morgan fingerprint density at radius 3 is 2.53 bits per heavy atom. The summed E-state index contributed by atoms with van der Waals surface area (Å²) >= 11 is 6.03. The summed E-state index contributed by atoms with van der Waals surface area (Å²) in [6.07, 6.45) is 0.781. The molecular formula is C11H17Cl2NO. The van der Waals surface area contributed by atoms with Gasteiger partial charge in [0.25, 0.3) is 0 Å². The van der Waals surface area contributed by atoms with Crippen molar-refractivity contribution in [1.82, 2.24) is 0 Å². The van der Waals surface area contributed by atoms with Gasteiger partial charge in [0.1, 0.15) is 5.75 Å². The van der Waals surface area contributed by atoms with Gasteiger partial charge in [-0.2, -0.15) is 0 Å².